The standard InChI is InChI=1S/C18H23F2N3O4S/c1-3-12(2)22-28(26,27)14-10-17(23(11-14)7-4-8-24)18(25)21-13-5-6-15(19)16(20)9-13/h5-6,9-12,22,24H,3-4,7-8H2,1-2H3,(H,21,25)/t12-/m1/s1. The number of halogens is 2. The summed E-state index contributed by atoms with van der Waals surface area (Å²) in [5.74, 6) is -2.85. The van der Waals surface area contributed by atoms with Gasteiger partial charge in [-0.1, -0.05) is 6.92 Å². The van der Waals surface area contributed by atoms with Crippen molar-refractivity contribution in [2.24, 2.45) is 0 Å². The lowest BCUT2D eigenvalue weighted by atomic mass is 10.3. The Morgan fingerprint density at radius 1 is 1.25 bits per heavy atom. The normalized spacial score (nSPS) is 12.8. The number of anilines is 1. The summed E-state index contributed by atoms with van der Waals surface area (Å²) in [4.78, 5) is 12.5. The van der Waals surface area contributed by atoms with E-state index in [1.165, 1.54) is 22.9 Å². The minimum atomic E-state index is -3.84. The van der Waals surface area contributed by atoms with Crippen LogP contribution in [0.25, 0.3) is 0 Å². The number of rotatable bonds is 9. The van der Waals surface area contributed by atoms with Crippen LogP contribution in [-0.4, -0.2) is 36.6 Å². The molecule has 0 radical (unpaired) electrons. The van der Waals surface area contributed by atoms with Crippen LogP contribution in [0.4, 0.5) is 14.5 Å². The SMILES string of the molecule is CC[C@@H](C)NS(=O)(=O)c1cc(C(=O)Nc2ccc(F)c(F)c2)n(CCCO)c1. The van der Waals surface area contributed by atoms with E-state index in [-0.39, 0.29) is 35.5 Å². The Labute approximate surface area is 162 Å². The van der Waals surface area contributed by atoms with Crippen LogP contribution in [0.5, 0.6) is 0 Å². The number of nitrogens with one attached hydrogen (secondary N) is 2. The first-order valence-corrected chi connectivity index (χ1v) is 10.3. The number of benzene rings is 1. The summed E-state index contributed by atoms with van der Waals surface area (Å²) in [7, 11) is -3.84. The first-order chi connectivity index (χ1) is 13.2. The summed E-state index contributed by atoms with van der Waals surface area (Å²) >= 11 is 0. The van der Waals surface area contributed by atoms with E-state index in [9.17, 15) is 22.0 Å². The number of hydrogen-bond donors (Lipinski definition) is 3. The molecule has 7 nitrogen and oxygen atoms in total. The number of nitrogens with zero attached hydrogens (tertiary/aromatic N) is 1. The zero-order valence-electron chi connectivity index (χ0n) is 15.6. The second-order valence-corrected chi connectivity index (χ2v) is 8.06. The number of carbonyl (C=O) groups is 1. The average Bonchev–Trinajstić information content (AvgIpc) is 3.08. The number of aromatic nitrogens is 1. The maximum absolute atomic E-state index is 13.3. The van der Waals surface area contributed by atoms with Crippen molar-refractivity contribution in [1.82, 2.24) is 9.29 Å². The number of aryl methyl sites for hydroxylation is 1. The first kappa shape index (κ1) is 22.0. The fraction of sp³-hybridized carbons (Fsp3) is 0.389. The predicted octanol–water partition coefficient (Wildman–Crippen LogP) is 2.48. The Morgan fingerprint density at radius 2 is 1.96 bits per heavy atom. The molecule has 1 aromatic carbocycles. The zero-order chi connectivity index (χ0) is 20.9. The fourth-order valence-electron chi connectivity index (χ4n) is 2.43. The van der Waals surface area contributed by atoms with Crippen molar-refractivity contribution in [3.63, 3.8) is 0 Å². The lowest BCUT2D eigenvalue weighted by Gasteiger charge is -2.10. The Balaban J connectivity index is 2.34. The maximum Gasteiger partial charge on any atom is 0.272 e. The van der Waals surface area contributed by atoms with Crippen molar-refractivity contribution in [2.75, 3.05) is 11.9 Å². The van der Waals surface area contributed by atoms with Crippen LogP contribution in [0.3, 0.4) is 0 Å². The number of amides is 1. The number of aliphatic hydroxyl groups is 1. The van der Waals surface area contributed by atoms with E-state index >= 15 is 0 Å². The Hall–Kier alpha value is -2.30. The second kappa shape index (κ2) is 9.26. The minimum absolute atomic E-state index is 0.0164. The van der Waals surface area contributed by atoms with E-state index in [0.717, 1.165) is 12.1 Å². The molecular weight excluding hydrogens is 392 g/mol. The summed E-state index contributed by atoms with van der Waals surface area (Å²) in [6.07, 6.45) is 2.20. The molecule has 0 bridgehead atoms. The van der Waals surface area contributed by atoms with Crippen LogP contribution in [0.1, 0.15) is 37.2 Å². The molecule has 2 rings (SSSR count). The molecule has 2 aromatic rings. The molecule has 10 heteroatoms. The van der Waals surface area contributed by atoms with Gasteiger partial charge in [0.2, 0.25) is 10.0 Å². The van der Waals surface area contributed by atoms with Crippen LogP contribution >= 0.6 is 0 Å². The number of aliphatic hydroxyl groups excluding tert-OH is 1. The van der Waals surface area contributed by atoms with Gasteiger partial charge in [0.15, 0.2) is 11.6 Å². The molecule has 0 aliphatic heterocycles. The molecule has 1 aromatic heterocycles. The maximum atomic E-state index is 13.3. The van der Waals surface area contributed by atoms with Crippen molar-refractivity contribution in [2.45, 2.75) is 44.2 Å². The van der Waals surface area contributed by atoms with Gasteiger partial charge in [-0.15, -0.1) is 0 Å². The summed E-state index contributed by atoms with van der Waals surface area (Å²) in [5, 5.41) is 11.5. The Kier molecular flexibility index (Phi) is 7.28. The van der Waals surface area contributed by atoms with Gasteiger partial charge in [-0.05, 0) is 38.0 Å². The van der Waals surface area contributed by atoms with Crippen molar-refractivity contribution in [1.29, 1.82) is 0 Å². The fourth-order valence-corrected chi connectivity index (χ4v) is 3.80. The van der Waals surface area contributed by atoms with E-state index in [1.54, 1.807) is 6.92 Å². The summed E-state index contributed by atoms with van der Waals surface area (Å²) in [6.45, 7) is 3.61. The van der Waals surface area contributed by atoms with Gasteiger partial charge in [0, 0.05) is 37.1 Å². The van der Waals surface area contributed by atoms with Gasteiger partial charge in [0.1, 0.15) is 10.6 Å². The number of carbonyl (C=O) groups excluding carboxylic acids is 1. The van der Waals surface area contributed by atoms with E-state index in [4.69, 9.17) is 5.11 Å². The highest BCUT2D eigenvalue weighted by atomic mass is 32.2. The molecule has 1 heterocycles. The number of sulfonamides is 1. The third kappa shape index (κ3) is 5.37. The first-order valence-electron chi connectivity index (χ1n) is 8.77. The molecule has 28 heavy (non-hydrogen) atoms. The van der Waals surface area contributed by atoms with Crippen LogP contribution in [0.15, 0.2) is 35.4 Å². The topological polar surface area (TPSA) is 100 Å². The molecule has 0 saturated carbocycles. The largest absolute Gasteiger partial charge is 0.396 e. The molecule has 0 fully saturated rings. The highest BCUT2D eigenvalue weighted by molar-refractivity contribution is 7.89. The van der Waals surface area contributed by atoms with Gasteiger partial charge < -0.3 is 15.0 Å². The molecule has 1 amide bonds. The Morgan fingerprint density at radius 3 is 2.57 bits per heavy atom. The van der Waals surface area contributed by atoms with E-state index in [0.29, 0.717) is 12.8 Å². The quantitative estimate of drug-likeness (QED) is 0.586. The van der Waals surface area contributed by atoms with E-state index in [1.807, 2.05) is 6.92 Å². The highest BCUT2D eigenvalue weighted by Crippen LogP contribution is 2.19. The summed E-state index contributed by atoms with van der Waals surface area (Å²) in [6, 6.07) is 3.82. The van der Waals surface area contributed by atoms with Crippen molar-refractivity contribution >= 4 is 21.6 Å². The van der Waals surface area contributed by atoms with Gasteiger partial charge in [-0.25, -0.2) is 21.9 Å². The third-order valence-electron chi connectivity index (χ3n) is 4.12. The van der Waals surface area contributed by atoms with E-state index < -0.39 is 27.6 Å². The van der Waals surface area contributed by atoms with Crippen molar-refractivity contribution in [3.05, 3.63) is 47.8 Å². The van der Waals surface area contributed by atoms with Crippen LogP contribution in [-0.2, 0) is 16.6 Å². The lowest BCUT2D eigenvalue weighted by Crippen LogP contribution is -2.31. The van der Waals surface area contributed by atoms with Gasteiger partial charge in [-0.3, -0.25) is 4.79 Å². The smallest absolute Gasteiger partial charge is 0.272 e. The summed E-state index contributed by atoms with van der Waals surface area (Å²) < 4.78 is 55.3. The molecule has 1 atom stereocenters. The zero-order valence-corrected chi connectivity index (χ0v) is 16.4. The van der Waals surface area contributed by atoms with Crippen LogP contribution < -0.4 is 10.0 Å². The monoisotopic (exact) mass is 415 g/mol. The molecule has 0 unspecified atom stereocenters. The van der Waals surface area contributed by atoms with Gasteiger partial charge >= 0.3 is 0 Å². The Bertz CT molecular complexity index is 944. The van der Waals surface area contributed by atoms with Crippen molar-refractivity contribution in [3.8, 4) is 0 Å². The molecule has 154 valence electrons. The number of hydrogen-bond acceptors (Lipinski definition) is 4. The van der Waals surface area contributed by atoms with Crippen molar-refractivity contribution < 1.29 is 27.1 Å². The van der Waals surface area contributed by atoms with Gasteiger partial charge in [-0.2, -0.15) is 0 Å². The van der Waals surface area contributed by atoms with Crippen LogP contribution in [0, 0.1) is 11.6 Å². The van der Waals surface area contributed by atoms with Crippen LogP contribution in [0.2, 0.25) is 0 Å². The molecule has 0 saturated heterocycles. The second-order valence-electron chi connectivity index (χ2n) is 6.35. The van der Waals surface area contributed by atoms with E-state index in [2.05, 4.69) is 10.0 Å². The highest BCUT2D eigenvalue weighted by Gasteiger charge is 2.23. The molecular formula is C18H23F2N3O4S. The minimum Gasteiger partial charge on any atom is -0.396 e. The molecule has 3 N–H and O–H groups in total. The third-order valence-corrected chi connectivity index (χ3v) is 5.67. The molecule has 0 aliphatic rings. The molecule has 0 aliphatic carbocycles. The van der Waals surface area contributed by atoms with Gasteiger partial charge in [0.05, 0.1) is 0 Å². The summed E-state index contributed by atoms with van der Waals surface area (Å²) in [5.41, 5.74) is 0.0451. The molecule has 0 spiro atoms. The predicted molar refractivity (Wildman–Crippen MR) is 101 cm³/mol. The van der Waals surface area contributed by atoms with Gasteiger partial charge in [0.25, 0.3) is 5.91 Å². The lowest BCUT2D eigenvalue weighted by molar-refractivity contribution is 0.101. The average molecular weight is 415 g/mol.